The molecule has 0 saturated heterocycles. The van der Waals surface area contributed by atoms with Gasteiger partial charge < -0.3 is 10.6 Å². The van der Waals surface area contributed by atoms with Crippen LogP contribution in [0.3, 0.4) is 0 Å². The van der Waals surface area contributed by atoms with Gasteiger partial charge in [-0.15, -0.1) is 0 Å². The summed E-state index contributed by atoms with van der Waals surface area (Å²) in [6.45, 7) is 2.51. The Balaban J connectivity index is 1.44. The summed E-state index contributed by atoms with van der Waals surface area (Å²) < 4.78 is 1.59. The molecule has 2 N–H and O–H groups in total. The van der Waals surface area contributed by atoms with E-state index < -0.39 is 0 Å². The van der Waals surface area contributed by atoms with Gasteiger partial charge in [-0.3, -0.25) is 14.6 Å². The quantitative estimate of drug-likeness (QED) is 0.670. The number of anilines is 1. The third-order valence-corrected chi connectivity index (χ3v) is 5.48. The minimum Gasteiger partial charge on any atom is -0.366 e. The highest BCUT2D eigenvalue weighted by molar-refractivity contribution is 5.99. The minimum absolute atomic E-state index is 0.0470. The molecule has 1 aliphatic rings. The molecule has 4 rings (SSSR count). The maximum atomic E-state index is 12.8. The summed E-state index contributed by atoms with van der Waals surface area (Å²) in [4.78, 5) is 32.5. The molecule has 1 amide bonds. The Labute approximate surface area is 168 Å². The maximum Gasteiger partial charge on any atom is 0.256 e. The molecule has 0 aromatic carbocycles. The van der Waals surface area contributed by atoms with Gasteiger partial charge in [0.2, 0.25) is 6.29 Å². The Morgan fingerprint density at radius 3 is 2.86 bits per heavy atom. The number of rotatable bonds is 6. The van der Waals surface area contributed by atoms with Crippen LogP contribution in [-0.4, -0.2) is 37.8 Å². The summed E-state index contributed by atoms with van der Waals surface area (Å²) >= 11 is 0. The standard InChI is InChI=1S/C21H23N6O2/c1-21(14-28)7-4-16(5-8-21)25-20(29)17-13-24-27-10-6-18(26-19(17)27)23-12-15-3-2-9-22-11-15/h2-3,6,9-11,13,16H,4-5,7-8,12H2,1H3,(H,23,26)(H,25,29). The van der Waals surface area contributed by atoms with E-state index in [1.54, 1.807) is 23.1 Å². The molecule has 1 saturated carbocycles. The fraction of sp³-hybridized carbons (Fsp3) is 0.381. The predicted octanol–water partition coefficient (Wildman–Crippen LogP) is 2.52. The summed E-state index contributed by atoms with van der Waals surface area (Å²) in [5.41, 5.74) is 1.59. The number of carbonyl (C=O) groups is 1. The lowest BCUT2D eigenvalue weighted by atomic mass is 9.75. The topological polar surface area (TPSA) is 101 Å². The summed E-state index contributed by atoms with van der Waals surface area (Å²) in [5, 5.41) is 10.5. The lowest BCUT2D eigenvalue weighted by molar-refractivity contribution is 0.0919. The van der Waals surface area contributed by atoms with Crippen LogP contribution in [0.1, 0.15) is 48.5 Å². The van der Waals surface area contributed by atoms with E-state index in [2.05, 4.69) is 32.0 Å². The lowest BCUT2D eigenvalue weighted by Gasteiger charge is -2.32. The van der Waals surface area contributed by atoms with Crippen molar-refractivity contribution in [3.05, 3.63) is 54.1 Å². The average molecular weight is 391 g/mol. The summed E-state index contributed by atoms with van der Waals surface area (Å²) in [6.07, 6.45) is 12.0. The zero-order valence-electron chi connectivity index (χ0n) is 16.3. The van der Waals surface area contributed by atoms with E-state index in [-0.39, 0.29) is 17.4 Å². The van der Waals surface area contributed by atoms with Gasteiger partial charge in [-0.25, -0.2) is 9.50 Å². The zero-order chi connectivity index (χ0) is 20.3. The first kappa shape index (κ1) is 19.0. The average Bonchev–Trinajstić information content (AvgIpc) is 3.18. The van der Waals surface area contributed by atoms with Crippen molar-refractivity contribution in [3.63, 3.8) is 0 Å². The summed E-state index contributed by atoms with van der Waals surface area (Å²) in [6, 6.07) is 5.73. The molecule has 149 valence electrons. The van der Waals surface area contributed by atoms with E-state index in [9.17, 15) is 9.59 Å². The number of aromatic nitrogens is 4. The monoisotopic (exact) mass is 391 g/mol. The van der Waals surface area contributed by atoms with Gasteiger partial charge >= 0.3 is 0 Å². The van der Waals surface area contributed by atoms with Crippen molar-refractivity contribution in [1.82, 2.24) is 24.9 Å². The second kappa shape index (κ2) is 7.98. The van der Waals surface area contributed by atoms with Crippen LogP contribution in [0.15, 0.2) is 43.0 Å². The smallest absolute Gasteiger partial charge is 0.256 e. The number of carbonyl (C=O) groups excluding carboxylic acids is 2. The normalized spacial score (nSPS) is 21.6. The van der Waals surface area contributed by atoms with E-state index in [0.29, 0.717) is 23.6 Å². The molecule has 0 spiro atoms. The fourth-order valence-corrected chi connectivity index (χ4v) is 3.59. The molecule has 3 aromatic rings. The molecule has 3 aromatic heterocycles. The van der Waals surface area contributed by atoms with Gasteiger partial charge in [0.1, 0.15) is 11.4 Å². The van der Waals surface area contributed by atoms with Crippen molar-refractivity contribution < 1.29 is 9.59 Å². The number of hydrogen-bond acceptors (Lipinski definition) is 6. The van der Waals surface area contributed by atoms with Crippen LogP contribution in [-0.2, 0) is 11.3 Å². The van der Waals surface area contributed by atoms with Crippen LogP contribution in [0.5, 0.6) is 0 Å². The highest BCUT2D eigenvalue weighted by Gasteiger charge is 2.32. The number of fused-ring (bicyclic) bond motifs is 1. The molecule has 1 aliphatic carbocycles. The van der Waals surface area contributed by atoms with Crippen LogP contribution in [0.2, 0.25) is 0 Å². The predicted molar refractivity (Wildman–Crippen MR) is 108 cm³/mol. The third kappa shape index (κ3) is 4.26. The van der Waals surface area contributed by atoms with Gasteiger partial charge in [0.05, 0.1) is 6.20 Å². The van der Waals surface area contributed by atoms with E-state index in [4.69, 9.17) is 0 Å². The Hall–Kier alpha value is -3.29. The highest BCUT2D eigenvalue weighted by Crippen LogP contribution is 2.34. The van der Waals surface area contributed by atoms with Crippen LogP contribution in [0.25, 0.3) is 5.65 Å². The highest BCUT2D eigenvalue weighted by atomic mass is 16.1. The van der Waals surface area contributed by atoms with Gasteiger partial charge in [0.15, 0.2) is 5.65 Å². The van der Waals surface area contributed by atoms with Crippen molar-refractivity contribution in [3.8, 4) is 0 Å². The molecular weight excluding hydrogens is 368 g/mol. The summed E-state index contributed by atoms with van der Waals surface area (Å²) in [7, 11) is 0. The van der Waals surface area contributed by atoms with Crippen molar-refractivity contribution in [2.75, 3.05) is 5.32 Å². The van der Waals surface area contributed by atoms with Crippen molar-refractivity contribution in [1.29, 1.82) is 0 Å². The molecule has 0 unspecified atom stereocenters. The molecule has 3 heterocycles. The largest absolute Gasteiger partial charge is 0.366 e. The van der Waals surface area contributed by atoms with Crippen molar-refractivity contribution in [2.45, 2.75) is 45.2 Å². The Bertz CT molecular complexity index is 1010. The van der Waals surface area contributed by atoms with Crippen LogP contribution in [0.4, 0.5) is 5.82 Å². The number of nitrogens with zero attached hydrogens (tertiary/aromatic N) is 4. The van der Waals surface area contributed by atoms with Gasteiger partial charge in [-0.1, -0.05) is 13.0 Å². The SMILES string of the molecule is CC1([C]=O)CCC(NC(=O)c2cnn3ccc(NCc4cccnc4)nc23)CC1. The lowest BCUT2D eigenvalue weighted by Crippen LogP contribution is -2.40. The minimum atomic E-state index is -0.387. The van der Waals surface area contributed by atoms with Gasteiger partial charge in [0, 0.05) is 36.6 Å². The molecule has 8 nitrogen and oxygen atoms in total. The summed E-state index contributed by atoms with van der Waals surface area (Å²) in [5.74, 6) is 0.464. The molecule has 8 heteroatoms. The van der Waals surface area contributed by atoms with Gasteiger partial charge in [0.25, 0.3) is 5.91 Å². The van der Waals surface area contributed by atoms with Gasteiger partial charge in [-0.05, 0) is 43.4 Å². The third-order valence-electron chi connectivity index (χ3n) is 5.48. The first-order valence-electron chi connectivity index (χ1n) is 9.74. The van der Waals surface area contributed by atoms with Crippen LogP contribution >= 0.6 is 0 Å². The van der Waals surface area contributed by atoms with E-state index in [1.165, 1.54) is 6.20 Å². The number of nitrogens with one attached hydrogen (secondary N) is 2. The molecular formula is C21H23N6O2. The van der Waals surface area contributed by atoms with Crippen molar-refractivity contribution >= 4 is 23.7 Å². The molecule has 29 heavy (non-hydrogen) atoms. The van der Waals surface area contributed by atoms with E-state index in [0.717, 1.165) is 31.2 Å². The molecule has 0 atom stereocenters. The maximum absolute atomic E-state index is 12.8. The molecule has 0 aliphatic heterocycles. The Morgan fingerprint density at radius 1 is 1.31 bits per heavy atom. The first-order chi connectivity index (χ1) is 14.1. The molecule has 1 radical (unpaired) electrons. The van der Waals surface area contributed by atoms with Gasteiger partial charge in [-0.2, -0.15) is 5.10 Å². The number of hydrogen-bond donors (Lipinski definition) is 2. The Kier molecular flexibility index (Phi) is 5.24. The van der Waals surface area contributed by atoms with Crippen molar-refractivity contribution in [2.24, 2.45) is 5.41 Å². The second-order valence-corrected chi connectivity index (χ2v) is 7.76. The van der Waals surface area contributed by atoms with Crippen LogP contribution in [0, 0.1) is 5.41 Å². The van der Waals surface area contributed by atoms with Crippen LogP contribution < -0.4 is 10.6 Å². The zero-order valence-corrected chi connectivity index (χ0v) is 16.3. The molecule has 1 fully saturated rings. The number of pyridine rings is 1. The fourth-order valence-electron chi connectivity index (χ4n) is 3.59. The Morgan fingerprint density at radius 2 is 2.14 bits per heavy atom. The van der Waals surface area contributed by atoms with E-state index >= 15 is 0 Å². The van der Waals surface area contributed by atoms with E-state index in [1.807, 2.05) is 25.1 Å². The molecule has 0 bridgehead atoms. The first-order valence-corrected chi connectivity index (χ1v) is 9.74. The second-order valence-electron chi connectivity index (χ2n) is 7.76. The number of amides is 1.